The van der Waals surface area contributed by atoms with Crippen LogP contribution >= 0.6 is 11.8 Å². The lowest BCUT2D eigenvalue weighted by Gasteiger charge is -2.02. The van der Waals surface area contributed by atoms with E-state index in [1.54, 1.807) is 17.0 Å². The minimum Gasteiger partial charge on any atom is -0.326 e. The van der Waals surface area contributed by atoms with Gasteiger partial charge in [0, 0.05) is 30.5 Å². The van der Waals surface area contributed by atoms with Gasteiger partial charge in [-0.05, 0) is 24.6 Å². The van der Waals surface area contributed by atoms with Crippen LogP contribution in [0.5, 0.6) is 0 Å². The highest BCUT2D eigenvalue weighted by molar-refractivity contribution is 7.99. The van der Waals surface area contributed by atoms with Gasteiger partial charge in [0.15, 0.2) is 10.3 Å². The highest BCUT2D eigenvalue weighted by Crippen LogP contribution is 2.36. The maximum Gasteiger partial charge on any atom is 0.344 e. The molecule has 0 amide bonds. The number of hydrogen-bond donors (Lipinski definition) is 2. The van der Waals surface area contributed by atoms with Crippen LogP contribution in [-0.4, -0.2) is 24.7 Å². The van der Waals surface area contributed by atoms with Gasteiger partial charge in [-0.15, -0.1) is 5.10 Å². The lowest BCUT2D eigenvalue weighted by molar-refractivity contribution is 0.641. The second-order valence-corrected chi connectivity index (χ2v) is 5.03. The van der Waals surface area contributed by atoms with Crippen LogP contribution < -0.4 is 11.4 Å². The van der Waals surface area contributed by atoms with Crippen LogP contribution in [0.2, 0.25) is 0 Å². The molecule has 2 aromatic rings. The Balaban J connectivity index is 1.85. The zero-order chi connectivity index (χ0) is 12.5. The number of H-pyrrole nitrogens is 1. The van der Waals surface area contributed by atoms with Gasteiger partial charge in [0.1, 0.15) is 0 Å². The van der Waals surface area contributed by atoms with Crippen molar-refractivity contribution in [2.75, 3.05) is 0 Å². The summed E-state index contributed by atoms with van der Waals surface area (Å²) in [6, 6.07) is 0.280. The molecule has 2 heterocycles. The van der Waals surface area contributed by atoms with Crippen molar-refractivity contribution < 1.29 is 0 Å². The van der Waals surface area contributed by atoms with Crippen LogP contribution in [0, 0.1) is 0 Å². The first-order valence-corrected chi connectivity index (χ1v) is 6.45. The van der Waals surface area contributed by atoms with Crippen molar-refractivity contribution in [2.45, 2.75) is 35.7 Å². The monoisotopic (exact) mass is 264 g/mol. The van der Waals surface area contributed by atoms with Gasteiger partial charge in [-0.3, -0.25) is 4.57 Å². The first kappa shape index (κ1) is 11.4. The van der Waals surface area contributed by atoms with E-state index < -0.39 is 0 Å². The first-order chi connectivity index (χ1) is 8.78. The summed E-state index contributed by atoms with van der Waals surface area (Å²) in [5, 5.41) is 7.64. The van der Waals surface area contributed by atoms with E-state index in [1.165, 1.54) is 11.8 Å². The molecule has 1 aliphatic rings. The maximum absolute atomic E-state index is 11.6. The smallest absolute Gasteiger partial charge is 0.326 e. The number of aromatic amines is 1. The Morgan fingerprint density at radius 1 is 1.44 bits per heavy atom. The molecular weight excluding hydrogens is 252 g/mol. The van der Waals surface area contributed by atoms with Crippen molar-refractivity contribution in [1.29, 1.82) is 0 Å². The van der Waals surface area contributed by atoms with E-state index in [2.05, 4.69) is 20.2 Å². The van der Waals surface area contributed by atoms with Crippen molar-refractivity contribution in [3.8, 4) is 0 Å². The van der Waals surface area contributed by atoms with Crippen molar-refractivity contribution in [2.24, 2.45) is 5.73 Å². The van der Waals surface area contributed by atoms with Crippen LogP contribution in [0.15, 0.2) is 27.5 Å². The molecule has 94 valence electrons. The minimum atomic E-state index is -0.168. The van der Waals surface area contributed by atoms with E-state index >= 15 is 0 Å². The van der Waals surface area contributed by atoms with Gasteiger partial charge in [0.05, 0.1) is 0 Å². The lowest BCUT2D eigenvalue weighted by Crippen LogP contribution is -2.16. The van der Waals surface area contributed by atoms with Gasteiger partial charge in [-0.2, -0.15) is 0 Å². The summed E-state index contributed by atoms with van der Waals surface area (Å²) in [5.41, 5.74) is 6.19. The van der Waals surface area contributed by atoms with Crippen LogP contribution in [-0.2, 0) is 6.54 Å². The summed E-state index contributed by atoms with van der Waals surface area (Å²) in [6.45, 7) is 0.417. The fourth-order valence-electron chi connectivity index (χ4n) is 1.60. The standard InChI is InChI=1S/C10H12N6OS/c11-3-6-4-12-8(13-5-6)18-10-15-14-9(17)16(10)7-1-2-7/h4-5,7H,1-3,11H2,(H,14,17). The Labute approximate surface area is 107 Å². The lowest BCUT2D eigenvalue weighted by atomic mass is 10.4. The largest absolute Gasteiger partial charge is 0.344 e. The van der Waals surface area contributed by atoms with Gasteiger partial charge in [0.25, 0.3) is 0 Å². The summed E-state index contributed by atoms with van der Waals surface area (Å²) >= 11 is 1.28. The SMILES string of the molecule is NCc1cnc(Sc2n[nH]c(=O)n2C2CC2)nc1. The molecule has 0 unspecified atom stereocenters. The van der Waals surface area contributed by atoms with Crippen LogP contribution in [0.1, 0.15) is 24.4 Å². The first-order valence-electron chi connectivity index (χ1n) is 5.63. The number of aromatic nitrogens is 5. The summed E-state index contributed by atoms with van der Waals surface area (Å²) in [7, 11) is 0. The Morgan fingerprint density at radius 2 is 2.17 bits per heavy atom. The summed E-state index contributed by atoms with van der Waals surface area (Å²) in [6.07, 6.45) is 5.42. The quantitative estimate of drug-likeness (QED) is 0.770. The molecule has 0 aliphatic heterocycles. The van der Waals surface area contributed by atoms with Gasteiger partial charge >= 0.3 is 5.69 Å². The number of nitrogens with two attached hydrogens (primary N) is 1. The maximum atomic E-state index is 11.6. The molecule has 0 aromatic carbocycles. The highest BCUT2D eigenvalue weighted by Gasteiger charge is 2.29. The second-order valence-electron chi connectivity index (χ2n) is 4.09. The van der Waals surface area contributed by atoms with Gasteiger partial charge in [-0.1, -0.05) is 0 Å². The predicted molar refractivity (Wildman–Crippen MR) is 65.2 cm³/mol. The third-order valence-electron chi connectivity index (χ3n) is 2.68. The zero-order valence-electron chi connectivity index (χ0n) is 9.54. The Kier molecular flexibility index (Phi) is 2.88. The summed E-state index contributed by atoms with van der Waals surface area (Å²) in [5.74, 6) is 0. The van der Waals surface area contributed by atoms with Crippen LogP contribution in [0.4, 0.5) is 0 Å². The number of hydrogen-bond acceptors (Lipinski definition) is 6. The molecule has 1 saturated carbocycles. The normalized spacial score (nSPS) is 14.9. The second kappa shape index (κ2) is 4.54. The van der Waals surface area contributed by atoms with E-state index in [9.17, 15) is 4.79 Å². The molecule has 7 nitrogen and oxygen atoms in total. The fourth-order valence-corrected chi connectivity index (χ4v) is 2.40. The molecule has 0 bridgehead atoms. The average Bonchev–Trinajstić information content (AvgIpc) is 3.16. The zero-order valence-corrected chi connectivity index (χ0v) is 10.4. The molecule has 0 radical (unpaired) electrons. The third-order valence-corrected chi connectivity index (χ3v) is 3.55. The van der Waals surface area contributed by atoms with E-state index in [1.807, 2.05) is 0 Å². The minimum absolute atomic E-state index is 0.168. The summed E-state index contributed by atoms with van der Waals surface area (Å²) in [4.78, 5) is 19.9. The highest BCUT2D eigenvalue weighted by atomic mass is 32.2. The Hall–Kier alpha value is -1.67. The van der Waals surface area contributed by atoms with Gasteiger partial charge in [-0.25, -0.2) is 19.9 Å². The third kappa shape index (κ3) is 2.16. The van der Waals surface area contributed by atoms with Gasteiger partial charge < -0.3 is 5.73 Å². The van der Waals surface area contributed by atoms with E-state index in [0.29, 0.717) is 16.9 Å². The molecule has 3 rings (SSSR count). The number of nitrogens with one attached hydrogen (secondary N) is 1. The van der Waals surface area contributed by atoms with Crippen molar-refractivity contribution >= 4 is 11.8 Å². The molecule has 2 aromatic heterocycles. The van der Waals surface area contributed by atoms with Crippen LogP contribution in [0.25, 0.3) is 0 Å². The molecule has 8 heteroatoms. The van der Waals surface area contributed by atoms with E-state index in [4.69, 9.17) is 5.73 Å². The molecular formula is C10H12N6OS. The van der Waals surface area contributed by atoms with Gasteiger partial charge in [0.2, 0.25) is 0 Å². The summed E-state index contributed by atoms with van der Waals surface area (Å²) < 4.78 is 1.67. The topological polar surface area (TPSA) is 102 Å². The molecule has 0 atom stereocenters. The van der Waals surface area contributed by atoms with Crippen LogP contribution in [0.3, 0.4) is 0 Å². The molecule has 18 heavy (non-hydrogen) atoms. The fraction of sp³-hybridized carbons (Fsp3) is 0.400. The number of rotatable bonds is 4. The Morgan fingerprint density at radius 3 is 2.78 bits per heavy atom. The van der Waals surface area contributed by atoms with Crippen molar-refractivity contribution in [1.82, 2.24) is 24.7 Å². The molecule has 0 spiro atoms. The Bertz CT molecular complexity index is 600. The van der Waals surface area contributed by atoms with Crippen molar-refractivity contribution in [3.05, 3.63) is 28.4 Å². The predicted octanol–water partition coefficient (Wildman–Crippen LogP) is 0.306. The van der Waals surface area contributed by atoms with Crippen molar-refractivity contribution in [3.63, 3.8) is 0 Å². The molecule has 0 saturated heterocycles. The average molecular weight is 264 g/mol. The molecule has 3 N–H and O–H groups in total. The van der Waals surface area contributed by atoms with E-state index in [-0.39, 0.29) is 11.7 Å². The molecule has 1 aliphatic carbocycles. The van der Waals surface area contributed by atoms with E-state index in [0.717, 1.165) is 18.4 Å². The number of nitrogens with zero attached hydrogens (tertiary/aromatic N) is 4. The molecule has 1 fully saturated rings.